The summed E-state index contributed by atoms with van der Waals surface area (Å²) in [6.07, 6.45) is 2.01. The van der Waals surface area contributed by atoms with E-state index in [1.807, 2.05) is 24.3 Å². The highest BCUT2D eigenvalue weighted by molar-refractivity contribution is 9.10. The molecule has 0 aliphatic carbocycles. The summed E-state index contributed by atoms with van der Waals surface area (Å²) in [7, 11) is 0. The SMILES string of the molecule is CCCNC(CC)c1nnc(-c2ccccc2Br)o1. The third kappa shape index (κ3) is 3.42. The first-order chi connectivity index (χ1) is 9.26. The van der Waals surface area contributed by atoms with Crippen molar-refractivity contribution in [1.29, 1.82) is 0 Å². The van der Waals surface area contributed by atoms with Gasteiger partial charge in [-0.2, -0.15) is 0 Å². The Kier molecular flexibility index (Phi) is 5.10. The molecule has 5 heteroatoms. The number of halogens is 1. The predicted molar refractivity (Wildman–Crippen MR) is 78.8 cm³/mol. The summed E-state index contributed by atoms with van der Waals surface area (Å²) in [6, 6.07) is 7.97. The van der Waals surface area contributed by atoms with Crippen molar-refractivity contribution >= 4 is 15.9 Å². The van der Waals surface area contributed by atoms with Gasteiger partial charge in [0.2, 0.25) is 11.8 Å². The van der Waals surface area contributed by atoms with E-state index in [1.54, 1.807) is 0 Å². The number of nitrogens with one attached hydrogen (secondary N) is 1. The lowest BCUT2D eigenvalue weighted by Gasteiger charge is -2.11. The summed E-state index contributed by atoms with van der Waals surface area (Å²) in [6.45, 7) is 5.20. The van der Waals surface area contributed by atoms with Crippen molar-refractivity contribution in [1.82, 2.24) is 15.5 Å². The van der Waals surface area contributed by atoms with E-state index in [9.17, 15) is 0 Å². The smallest absolute Gasteiger partial charge is 0.248 e. The standard InChI is InChI=1S/C14H18BrN3O/c1-3-9-16-12(4-2)14-18-17-13(19-14)10-7-5-6-8-11(10)15/h5-8,12,16H,3-4,9H2,1-2H3. The summed E-state index contributed by atoms with van der Waals surface area (Å²) in [5.41, 5.74) is 0.923. The van der Waals surface area contributed by atoms with Gasteiger partial charge in [0.15, 0.2) is 0 Å². The summed E-state index contributed by atoms with van der Waals surface area (Å²) in [5.74, 6) is 1.21. The van der Waals surface area contributed by atoms with Crippen LogP contribution < -0.4 is 5.32 Å². The van der Waals surface area contributed by atoms with Crippen molar-refractivity contribution in [2.45, 2.75) is 32.7 Å². The van der Waals surface area contributed by atoms with E-state index in [2.05, 4.69) is 45.3 Å². The topological polar surface area (TPSA) is 51.0 Å². The molecule has 4 nitrogen and oxygen atoms in total. The largest absolute Gasteiger partial charge is 0.419 e. The number of nitrogens with zero attached hydrogens (tertiary/aromatic N) is 2. The Labute approximate surface area is 121 Å². The van der Waals surface area contributed by atoms with Gasteiger partial charge in [-0.15, -0.1) is 10.2 Å². The molecular weight excluding hydrogens is 306 g/mol. The zero-order valence-electron chi connectivity index (χ0n) is 11.2. The van der Waals surface area contributed by atoms with Crippen molar-refractivity contribution in [3.63, 3.8) is 0 Å². The fourth-order valence-corrected chi connectivity index (χ4v) is 2.30. The molecule has 0 radical (unpaired) electrons. The third-order valence-electron chi connectivity index (χ3n) is 2.89. The minimum Gasteiger partial charge on any atom is -0.419 e. The Hall–Kier alpha value is -1.20. The van der Waals surface area contributed by atoms with Gasteiger partial charge in [-0.25, -0.2) is 0 Å². The van der Waals surface area contributed by atoms with Crippen LogP contribution in [0.2, 0.25) is 0 Å². The van der Waals surface area contributed by atoms with Gasteiger partial charge in [0.05, 0.1) is 11.6 Å². The van der Waals surface area contributed by atoms with E-state index in [0.717, 1.165) is 29.4 Å². The maximum Gasteiger partial charge on any atom is 0.248 e. The molecule has 1 heterocycles. The van der Waals surface area contributed by atoms with E-state index in [1.165, 1.54) is 0 Å². The summed E-state index contributed by atoms with van der Waals surface area (Å²) in [5, 5.41) is 11.7. The molecule has 19 heavy (non-hydrogen) atoms. The quantitative estimate of drug-likeness (QED) is 0.874. The first-order valence-electron chi connectivity index (χ1n) is 6.58. The van der Waals surface area contributed by atoms with E-state index in [0.29, 0.717) is 11.8 Å². The fraction of sp³-hybridized carbons (Fsp3) is 0.429. The maximum absolute atomic E-state index is 5.79. The van der Waals surface area contributed by atoms with Gasteiger partial charge in [-0.3, -0.25) is 0 Å². The van der Waals surface area contributed by atoms with Gasteiger partial charge in [-0.1, -0.05) is 26.0 Å². The van der Waals surface area contributed by atoms with Crippen LogP contribution in [0.15, 0.2) is 33.2 Å². The predicted octanol–water partition coefficient (Wildman–Crippen LogP) is 3.95. The van der Waals surface area contributed by atoms with Crippen LogP contribution in [0.5, 0.6) is 0 Å². The third-order valence-corrected chi connectivity index (χ3v) is 3.58. The molecule has 0 bridgehead atoms. The second kappa shape index (κ2) is 6.82. The van der Waals surface area contributed by atoms with Gasteiger partial charge < -0.3 is 9.73 Å². The molecule has 0 saturated heterocycles. The second-order valence-electron chi connectivity index (χ2n) is 4.34. The molecule has 2 rings (SSSR count). The molecule has 1 atom stereocenters. The van der Waals surface area contributed by atoms with Gasteiger partial charge in [0.25, 0.3) is 0 Å². The van der Waals surface area contributed by atoms with Gasteiger partial charge >= 0.3 is 0 Å². The highest BCUT2D eigenvalue weighted by atomic mass is 79.9. The molecule has 0 saturated carbocycles. The minimum atomic E-state index is 0.128. The summed E-state index contributed by atoms with van der Waals surface area (Å²) in [4.78, 5) is 0. The molecular formula is C14H18BrN3O. The van der Waals surface area contributed by atoms with E-state index in [4.69, 9.17) is 4.42 Å². The molecule has 1 aromatic heterocycles. The number of hydrogen-bond acceptors (Lipinski definition) is 4. The lowest BCUT2D eigenvalue weighted by Crippen LogP contribution is -2.21. The van der Waals surface area contributed by atoms with Crippen LogP contribution in [0.25, 0.3) is 11.5 Å². The number of aromatic nitrogens is 2. The van der Waals surface area contributed by atoms with Crippen molar-refractivity contribution in [3.05, 3.63) is 34.6 Å². The Balaban J connectivity index is 2.21. The Bertz CT molecular complexity index is 527. The summed E-state index contributed by atoms with van der Waals surface area (Å²) >= 11 is 3.49. The molecule has 0 spiro atoms. The lowest BCUT2D eigenvalue weighted by atomic mass is 10.2. The number of hydrogen-bond donors (Lipinski definition) is 1. The van der Waals surface area contributed by atoms with Crippen molar-refractivity contribution in [2.75, 3.05) is 6.54 Å². The fourth-order valence-electron chi connectivity index (χ4n) is 1.84. The molecule has 1 N–H and O–H groups in total. The van der Waals surface area contributed by atoms with E-state index < -0.39 is 0 Å². The maximum atomic E-state index is 5.79. The zero-order valence-corrected chi connectivity index (χ0v) is 12.8. The zero-order chi connectivity index (χ0) is 13.7. The van der Waals surface area contributed by atoms with Crippen LogP contribution in [0, 0.1) is 0 Å². The van der Waals surface area contributed by atoms with Gasteiger partial charge in [-0.05, 0) is 47.4 Å². The molecule has 1 unspecified atom stereocenters. The first-order valence-corrected chi connectivity index (χ1v) is 7.37. The molecule has 0 aliphatic rings. The van der Waals surface area contributed by atoms with E-state index >= 15 is 0 Å². The Morgan fingerprint density at radius 2 is 2.05 bits per heavy atom. The minimum absolute atomic E-state index is 0.128. The monoisotopic (exact) mass is 323 g/mol. The van der Waals surface area contributed by atoms with Crippen LogP contribution >= 0.6 is 15.9 Å². The molecule has 0 aliphatic heterocycles. The van der Waals surface area contributed by atoms with Gasteiger partial charge in [0.1, 0.15) is 0 Å². The van der Waals surface area contributed by atoms with Crippen molar-refractivity contribution in [2.24, 2.45) is 0 Å². The second-order valence-corrected chi connectivity index (χ2v) is 5.19. The molecule has 0 fully saturated rings. The average molecular weight is 324 g/mol. The first kappa shape index (κ1) is 14.2. The molecule has 102 valence electrons. The highest BCUT2D eigenvalue weighted by Gasteiger charge is 2.17. The Morgan fingerprint density at radius 1 is 1.26 bits per heavy atom. The lowest BCUT2D eigenvalue weighted by molar-refractivity contribution is 0.396. The highest BCUT2D eigenvalue weighted by Crippen LogP contribution is 2.28. The molecule has 2 aromatic rings. The van der Waals surface area contributed by atoms with Crippen LogP contribution in [0.3, 0.4) is 0 Å². The van der Waals surface area contributed by atoms with Crippen LogP contribution in [0.1, 0.15) is 38.6 Å². The molecule has 1 aromatic carbocycles. The van der Waals surface area contributed by atoms with E-state index in [-0.39, 0.29) is 6.04 Å². The van der Waals surface area contributed by atoms with Crippen LogP contribution in [-0.2, 0) is 0 Å². The van der Waals surface area contributed by atoms with Crippen LogP contribution in [-0.4, -0.2) is 16.7 Å². The van der Waals surface area contributed by atoms with Crippen LogP contribution in [0.4, 0.5) is 0 Å². The van der Waals surface area contributed by atoms with Gasteiger partial charge in [0, 0.05) is 4.47 Å². The average Bonchev–Trinajstić information content (AvgIpc) is 2.90. The van der Waals surface area contributed by atoms with Crippen molar-refractivity contribution in [3.8, 4) is 11.5 Å². The normalized spacial score (nSPS) is 12.6. The summed E-state index contributed by atoms with van der Waals surface area (Å²) < 4.78 is 6.74. The number of benzene rings is 1. The Morgan fingerprint density at radius 3 is 2.74 bits per heavy atom. The number of rotatable bonds is 6. The van der Waals surface area contributed by atoms with Crippen molar-refractivity contribution < 1.29 is 4.42 Å². The molecule has 0 amide bonds.